The molecular formula is C22H22N6. The minimum atomic E-state index is 0.0488. The molecule has 0 radical (unpaired) electrons. The lowest BCUT2D eigenvalue weighted by Crippen LogP contribution is -2.10. The Morgan fingerprint density at radius 3 is 2.29 bits per heavy atom. The lowest BCUT2D eigenvalue weighted by molar-refractivity contribution is 0.590. The molecule has 3 N–H and O–H groups in total. The molecule has 0 spiro atoms. The first-order chi connectivity index (χ1) is 13.3. The van der Waals surface area contributed by atoms with E-state index in [-0.39, 0.29) is 23.1 Å². The second-order valence-corrected chi connectivity index (χ2v) is 7.37. The van der Waals surface area contributed by atoms with Gasteiger partial charge in [-0.2, -0.15) is 20.2 Å². The fourth-order valence-electron chi connectivity index (χ4n) is 2.61. The third-order valence-electron chi connectivity index (χ3n) is 4.13. The highest BCUT2D eigenvalue weighted by Crippen LogP contribution is 2.24. The topological polar surface area (TPSA) is 101 Å². The molecule has 0 fully saturated rings. The van der Waals surface area contributed by atoms with Crippen molar-refractivity contribution in [2.45, 2.75) is 26.2 Å². The Kier molecular flexibility index (Phi) is 5.37. The van der Waals surface area contributed by atoms with Crippen molar-refractivity contribution in [1.29, 1.82) is 5.26 Å². The third kappa shape index (κ3) is 4.71. The van der Waals surface area contributed by atoms with Gasteiger partial charge in [-0.05, 0) is 34.8 Å². The fraction of sp³-hybridized carbons (Fsp3) is 0.182. The van der Waals surface area contributed by atoms with Gasteiger partial charge >= 0.3 is 0 Å². The molecule has 0 bridgehead atoms. The first-order valence-electron chi connectivity index (χ1n) is 8.91. The highest BCUT2D eigenvalue weighted by molar-refractivity contribution is 5.87. The average molecular weight is 370 g/mol. The van der Waals surface area contributed by atoms with Gasteiger partial charge in [-0.25, -0.2) is 0 Å². The largest absolute Gasteiger partial charge is 0.368 e. The average Bonchev–Trinajstić information content (AvgIpc) is 2.66. The van der Waals surface area contributed by atoms with Gasteiger partial charge < -0.3 is 11.1 Å². The van der Waals surface area contributed by atoms with E-state index in [9.17, 15) is 5.26 Å². The van der Waals surface area contributed by atoms with Gasteiger partial charge in [0, 0.05) is 5.69 Å². The predicted octanol–water partition coefficient (Wildman–Crippen LogP) is 4.56. The molecular weight excluding hydrogens is 348 g/mol. The quantitative estimate of drug-likeness (QED) is 0.653. The normalized spacial score (nSPS) is 11.7. The maximum Gasteiger partial charge on any atom is 0.232 e. The number of hydrogen-bond acceptors (Lipinski definition) is 6. The highest BCUT2D eigenvalue weighted by Gasteiger charge is 2.13. The first-order valence-corrected chi connectivity index (χ1v) is 8.91. The number of allylic oxidation sites excluding steroid dienone is 1. The zero-order valence-corrected chi connectivity index (χ0v) is 16.1. The summed E-state index contributed by atoms with van der Waals surface area (Å²) in [5.74, 6) is 0.568. The molecule has 0 aliphatic heterocycles. The number of rotatable bonds is 4. The lowest BCUT2D eigenvalue weighted by atomic mass is 9.86. The lowest BCUT2D eigenvalue weighted by Gasteiger charge is -2.18. The Hall–Kier alpha value is -3.72. The van der Waals surface area contributed by atoms with Crippen LogP contribution in [0, 0.1) is 11.3 Å². The Morgan fingerprint density at radius 1 is 1.00 bits per heavy atom. The minimum absolute atomic E-state index is 0.0488. The molecule has 28 heavy (non-hydrogen) atoms. The number of benzene rings is 2. The van der Waals surface area contributed by atoms with Crippen LogP contribution < -0.4 is 11.1 Å². The van der Waals surface area contributed by atoms with E-state index in [0.29, 0.717) is 5.57 Å². The van der Waals surface area contributed by atoms with Crippen LogP contribution in [0.25, 0.3) is 11.6 Å². The van der Waals surface area contributed by atoms with Gasteiger partial charge in [0.1, 0.15) is 6.07 Å². The Bertz CT molecular complexity index is 1030. The Morgan fingerprint density at radius 2 is 1.68 bits per heavy atom. The molecule has 2 aromatic carbocycles. The van der Waals surface area contributed by atoms with Crippen molar-refractivity contribution in [2.75, 3.05) is 11.1 Å². The number of nitrogens with two attached hydrogens (primary N) is 1. The van der Waals surface area contributed by atoms with E-state index < -0.39 is 0 Å². The highest BCUT2D eigenvalue weighted by atomic mass is 15.2. The smallest absolute Gasteiger partial charge is 0.232 e. The maximum atomic E-state index is 9.62. The van der Waals surface area contributed by atoms with Gasteiger partial charge in [0.2, 0.25) is 11.9 Å². The number of nitrogen functional groups attached to an aromatic ring is 1. The molecule has 1 heterocycles. The van der Waals surface area contributed by atoms with E-state index in [4.69, 9.17) is 5.73 Å². The zero-order valence-electron chi connectivity index (χ0n) is 16.1. The molecule has 0 aliphatic carbocycles. The predicted molar refractivity (Wildman–Crippen MR) is 113 cm³/mol. The van der Waals surface area contributed by atoms with Gasteiger partial charge in [-0.1, -0.05) is 63.2 Å². The van der Waals surface area contributed by atoms with Crippen molar-refractivity contribution in [1.82, 2.24) is 15.0 Å². The SMILES string of the molecule is CC(C)(C)c1ccc(/C=C(\C#N)c2nc(N)nc(Nc3ccccc3)n2)cc1. The molecule has 0 saturated heterocycles. The van der Waals surface area contributed by atoms with Crippen molar-refractivity contribution in [3.8, 4) is 6.07 Å². The molecule has 3 rings (SSSR count). The van der Waals surface area contributed by atoms with Crippen LogP contribution in [0.2, 0.25) is 0 Å². The van der Waals surface area contributed by atoms with E-state index in [0.717, 1.165) is 11.3 Å². The number of para-hydroxylation sites is 1. The number of nitrogens with one attached hydrogen (secondary N) is 1. The summed E-state index contributed by atoms with van der Waals surface area (Å²) in [7, 11) is 0. The molecule has 0 aliphatic rings. The number of aromatic nitrogens is 3. The molecule has 140 valence electrons. The van der Waals surface area contributed by atoms with Gasteiger partial charge in [0.25, 0.3) is 0 Å². The number of nitriles is 1. The van der Waals surface area contributed by atoms with Crippen LogP contribution >= 0.6 is 0 Å². The molecule has 0 unspecified atom stereocenters. The summed E-state index contributed by atoms with van der Waals surface area (Å²) < 4.78 is 0. The van der Waals surface area contributed by atoms with Crippen molar-refractivity contribution >= 4 is 29.2 Å². The van der Waals surface area contributed by atoms with E-state index >= 15 is 0 Å². The van der Waals surface area contributed by atoms with Gasteiger partial charge in [-0.15, -0.1) is 0 Å². The molecule has 1 aromatic heterocycles. The molecule has 3 aromatic rings. The minimum Gasteiger partial charge on any atom is -0.368 e. The number of anilines is 3. The first kappa shape index (κ1) is 19.1. The van der Waals surface area contributed by atoms with Crippen molar-refractivity contribution in [3.05, 3.63) is 71.5 Å². The Labute approximate surface area is 164 Å². The second-order valence-electron chi connectivity index (χ2n) is 7.37. The van der Waals surface area contributed by atoms with Crippen LogP contribution in [0.5, 0.6) is 0 Å². The van der Waals surface area contributed by atoms with E-state index in [1.165, 1.54) is 5.56 Å². The van der Waals surface area contributed by atoms with Gasteiger partial charge in [-0.3, -0.25) is 0 Å². The molecule has 6 heteroatoms. The Balaban J connectivity index is 1.92. The summed E-state index contributed by atoms with van der Waals surface area (Å²) in [5.41, 5.74) is 9.14. The van der Waals surface area contributed by atoms with Gasteiger partial charge in [0.15, 0.2) is 5.82 Å². The monoisotopic (exact) mass is 370 g/mol. The van der Waals surface area contributed by atoms with Gasteiger partial charge in [0.05, 0.1) is 5.57 Å². The van der Waals surface area contributed by atoms with Crippen LogP contribution in [0.15, 0.2) is 54.6 Å². The summed E-state index contributed by atoms with van der Waals surface area (Å²) in [6.45, 7) is 6.48. The van der Waals surface area contributed by atoms with Crippen LogP contribution in [-0.4, -0.2) is 15.0 Å². The molecule has 0 saturated carbocycles. The summed E-state index contributed by atoms with van der Waals surface area (Å²) >= 11 is 0. The van der Waals surface area contributed by atoms with Crippen molar-refractivity contribution < 1.29 is 0 Å². The molecule has 6 nitrogen and oxygen atoms in total. The molecule has 0 atom stereocenters. The maximum absolute atomic E-state index is 9.62. The second kappa shape index (κ2) is 7.89. The van der Waals surface area contributed by atoms with Crippen LogP contribution in [0.4, 0.5) is 17.6 Å². The van der Waals surface area contributed by atoms with E-state index in [2.05, 4.69) is 59.2 Å². The fourth-order valence-corrected chi connectivity index (χ4v) is 2.61. The summed E-state index contributed by atoms with van der Waals surface area (Å²) in [4.78, 5) is 12.6. The summed E-state index contributed by atoms with van der Waals surface area (Å²) in [6, 6.07) is 19.7. The zero-order chi connectivity index (χ0) is 20.1. The van der Waals surface area contributed by atoms with Crippen molar-refractivity contribution in [3.63, 3.8) is 0 Å². The molecule has 0 amide bonds. The standard InChI is InChI=1S/C22H22N6/c1-22(2,3)17-11-9-15(10-12-17)13-16(14-23)19-26-20(24)28-21(27-19)25-18-7-5-4-6-8-18/h4-13H,1-3H3,(H3,24,25,26,27,28)/b16-13+. The number of nitrogens with zero attached hydrogens (tertiary/aromatic N) is 4. The van der Waals surface area contributed by atoms with Crippen LogP contribution in [-0.2, 0) is 5.41 Å². The van der Waals surface area contributed by atoms with Crippen LogP contribution in [0.3, 0.4) is 0 Å². The number of hydrogen-bond donors (Lipinski definition) is 2. The summed E-state index contributed by atoms with van der Waals surface area (Å²) in [5, 5.41) is 12.7. The van der Waals surface area contributed by atoms with E-state index in [1.54, 1.807) is 6.08 Å². The van der Waals surface area contributed by atoms with E-state index in [1.807, 2.05) is 42.5 Å². The van der Waals surface area contributed by atoms with Crippen LogP contribution in [0.1, 0.15) is 37.7 Å². The summed E-state index contributed by atoms with van der Waals surface area (Å²) in [6.07, 6.45) is 1.74. The van der Waals surface area contributed by atoms with Crippen molar-refractivity contribution in [2.24, 2.45) is 0 Å². The third-order valence-corrected chi connectivity index (χ3v) is 4.13.